The summed E-state index contributed by atoms with van der Waals surface area (Å²) < 4.78 is 56.3. The Labute approximate surface area is 169 Å². The summed E-state index contributed by atoms with van der Waals surface area (Å²) in [4.78, 5) is 2.33. The number of halogens is 4. The second-order valence-electron chi connectivity index (χ2n) is 6.13. The zero-order valence-corrected chi connectivity index (χ0v) is 17.0. The van der Waals surface area contributed by atoms with Crippen molar-refractivity contribution in [2.45, 2.75) is 39.5 Å². The third-order valence-corrected chi connectivity index (χ3v) is 3.80. The lowest BCUT2D eigenvalue weighted by Crippen LogP contribution is -2.36. The maximum Gasteiger partial charge on any atom is 0.673 e. The first-order valence-electron chi connectivity index (χ1n) is 9.67. The predicted molar refractivity (Wildman–Crippen MR) is 103 cm³/mol. The third kappa shape index (κ3) is 13.6. The smallest absolute Gasteiger partial charge is 0.494 e. The summed E-state index contributed by atoms with van der Waals surface area (Å²) in [6.45, 7) is 9.25. The average Bonchev–Trinajstić information content (AvgIpc) is 2.70. The van der Waals surface area contributed by atoms with E-state index in [9.17, 15) is 17.3 Å². The van der Waals surface area contributed by atoms with Gasteiger partial charge in [-0.15, -0.1) is 0 Å². The molecule has 0 radical (unpaired) electrons. The van der Waals surface area contributed by atoms with E-state index in [0.29, 0.717) is 0 Å². The van der Waals surface area contributed by atoms with Gasteiger partial charge >= 0.3 is 7.25 Å². The van der Waals surface area contributed by atoms with Crippen LogP contribution in [0.25, 0.3) is 0 Å². The lowest BCUT2D eigenvalue weighted by Gasteiger charge is -2.30. The molecule has 1 heterocycles. The predicted octanol–water partition coefficient (Wildman–Crippen LogP) is 3.46. The van der Waals surface area contributed by atoms with E-state index in [4.69, 9.17) is 25.0 Å². The number of nitrogens with one attached hydrogen (secondary N) is 1. The van der Waals surface area contributed by atoms with Gasteiger partial charge in [0.25, 0.3) is 0 Å². The fourth-order valence-electron chi connectivity index (χ4n) is 2.42. The lowest BCUT2D eigenvalue weighted by molar-refractivity contribution is -0.175. The van der Waals surface area contributed by atoms with E-state index in [1.807, 2.05) is 12.1 Å². The van der Waals surface area contributed by atoms with Gasteiger partial charge in [0.15, 0.2) is 0 Å². The van der Waals surface area contributed by atoms with Crippen molar-refractivity contribution in [3.8, 4) is 11.5 Å². The summed E-state index contributed by atoms with van der Waals surface area (Å²) in [5, 5.41) is 11.0. The van der Waals surface area contributed by atoms with E-state index in [-0.39, 0.29) is 0 Å². The number of nitrogens with zero attached hydrogens (tertiary/aromatic N) is 2. The standard InChI is InChI=1S/C18H29NO3.BF4.N2/c1-3-5-11-21-16-7-8-18(22-12-6-4-2)17(15-16)19-9-13-20-14-10-19;2-1(3,4)5;1-2/h7-8,15H,3-6,9-14H2,1-2H3;;/q;-1;/p+1. The van der Waals surface area contributed by atoms with Crippen LogP contribution in [0, 0.1) is 5.39 Å². The van der Waals surface area contributed by atoms with Gasteiger partial charge in [-0.25, -0.2) is 0 Å². The van der Waals surface area contributed by atoms with Crippen molar-refractivity contribution < 1.29 is 36.9 Å². The number of ether oxygens (including phenoxy) is 3. The minimum atomic E-state index is -6.00. The van der Waals surface area contributed by atoms with Crippen LogP contribution >= 0.6 is 0 Å². The molecule has 1 aromatic carbocycles. The molecule has 1 aromatic rings. The van der Waals surface area contributed by atoms with E-state index in [1.165, 1.54) is 0 Å². The first kappa shape index (κ1) is 26.8. The molecule has 1 aliphatic rings. The molecule has 0 amide bonds. The summed E-state index contributed by atoms with van der Waals surface area (Å²) in [5.74, 6) is 1.89. The number of benzene rings is 1. The van der Waals surface area contributed by atoms with E-state index < -0.39 is 7.25 Å². The molecule has 11 heteroatoms. The van der Waals surface area contributed by atoms with Crippen molar-refractivity contribution >= 4 is 12.9 Å². The van der Waals surface area contributed by atoms with E-state index in [0.717, 1.165) is 82.4 Å². The Morgan fingerprint density at radius 2 is 1.52 bits per heavy atom. The molecule has 1 aliphatic heterocycles. The number of rotatable bonds is 9. The van der Waals surface area contributed by atoms with Crippen LogP contribution in [0.2, 0.25) is 0 Å². The van der Waals surface area contributed by atoms with Crippen LogP contribution in [0.1, 0.15) is 39.5 Å². The molecule has 1 saturated heterocycles. The van der Waals surface area contributed by atoms with Crippen LogP contribution in [0.5, 0.6) is 11.5 Å². The Morgan fingerprint density at radius 3 is 2.03 bits per heavy atom. The van der Waals surface area contributed by atoms with Gasteiger partial charge in [0, 0.05) is 19.2 Å². The molecule has 0 unspecified atom stereocenters. The van der Waals surface area contributed by atoms with E-state index in [2.05, 4.69) is 24.8 Å². The Morgan fingerprint density at radius 1 is 1.00 bits per heavy atom. The van der Waals surface area contributed by atoms with Crippen LogP contribution in [0.4, 0.5) is 23.0 Å². The van der Waals surface area contributed by atoms with Crippen LogP contribution in [-0.2, 0) is 4.74 Å². The van der Waals surface area contributed by atoms with Crippen LogP contribution in [0.3, 0.4) is 0 Å². The van der Waals surface area contributed by atoms with Gasteiger partial charge in [0.05, 0.1) is 37.5 Å². The highest BCUT2D eigenvalue weighted by Crippen LogP contribution is 2.33. The quantitative estimate of drug-likeness (QED) is 0.285. The number of morpholine rings is 1. The topological polar surface area (TPSA) is 78.5 Å². The Kier molecular flexibility index (Phi) is 14.5. The first-order valence-corrected chi connectivity index (χ1v) is 9.67. The number of diazo groups is 1. The number of hydrogen-bond donors (Lipinski definition) is 1. The number of hydrogen-bond acceptors (Lipinski definition) is 5. The van der Waals surface area contributed by atoms with Crippen molar-refractivity contribution in [1.82, 2.24) is 0 Å². The van der Waals surface area contributed by atoms with Gasteiger partial charge in [-0.3, -0.25) is 0 Å². The van der Waals surface area contributed by atoms with Gasteiger partial charge in [-0.2, -0.15) is 0 Å². The lowest BCUT2D eigenvalue weighted by atomic mass is 10.2. The molecule has 0 aliphatic carbocycles. The molecule has 1 fully saturated rings. The molecule has 166 valence electrons. The molecule has 0 spiro atoms. The van der Waals surface area contributed by atoms with Gasteiger partial charge in [-0.05, 0) is 25.0 Å². The highest BCUT2D eigenvalue weighted by molar-refractivity contribution is 6.50. The average molecular weight is 423 g/mol. The van der Waals surface area contributed by atoms with Crippen LogP contribution in [0.15, 0.2) is 18.2 Å². The fraction of sp³-hybridized carbons (Fsp3) is 0.667. The minimum absolute atomic E-state index is 0.768. The Balaban J connectivity index is 0.000000977. The van der Waals surface area contributed by atoms with Gasteiger partial charge < -0.3 is 36.4 Å². The molecule has 0 aromatic heterocycles. The molecule has 0 bridgehead atoms. The normalized spacial score (nSPS) is 13.4. The van der Waals surface area contributed by atoms with Gasteiger partial charge in [0.2, 0.25) is 5.39 Å². The van der Waals surface area contributed by atoms with Crippen molar-refractivity contribution in [2.75, 3.05) is 44.4 Å². The molecule has 2 rings (SSSR count). The van der Waals surface area contributed by atoms with Crippen LogP contribution in [-0.4, -0.2) is 46.8 Å². The van der Waals surface area contributed by atoms with Crippen molar-refractivity contribution in [2.24, 2.45) is 0 Å². The highest BCUT2D eigenvalue weighted by atomic mass is 19.5. The molecule has 1 N–H and O–H groups in total. The monoisotopic (exact) mass is 423 g/mol. The maximum atomic E-state index is 9.75. The van der Waals surface area contributed by atoms with Crippen molar-refractivity contribution in [3.05, 3.63) is 18.2 Å². The second kappa shape index (κ2) is 15.7. The first-order chi connectivity index (χ1) is 13.8. The molecule has 0 saturated carbocycles. The fourth-order valence-corrected chi connectivity index (χ4v) is 2.42. The van der Waals surface area contributed by atoms with Gasteiger partial charge in [-0.1, -0.05) is 26.7 Å². The molecule has 6 nitrogen and oxygen atoms in total. The molecular weight excluding hydrogens is 393 g/mol. The molecular formula is C18H30BF4N3O3. The second-order valence-corrected chi connectivity index (χ2v) is 6.13. The zero-order chi connectivity index (χ0) is 22.1. The Bertz CT molecular complexity index is 565. The minimum Gasteiger partial charge on any atom is -0.494 e. The van der Waals surface area contributed by atoms with Crippen molar-refractivity contribution in [3.63, 3.8) is 0 Å². The maximum absolute atomic E-state index is 9.75. The van der Waals surface area contributed by atoms with Crippen molar-refractivity contribution in [1.29, 1.82) is 5.39 Å². The largest absolute Gasteiger partial charge is 0.673 e. The van der Waals surface area contributed by atoms with E-state index in [1.54, 1.807) is 0 Å². The summed E-state index contributed by atoms with van der Waals surface area (Å²) in [6, 6.07) is 6.17. The SMILES string of the molecule is CCCCOc1ccc(OCCCC)c(N2CCOCC2)c1.F[B-](F)(F)F.N#[NH+]. The summed E-state index contributed by atoms with van der Waals surface area (Å²) in [7, 11) is -6.00. The van der Waals surface area contributed by atoms with Gasteiger partial charge in [0.1, 0.15) is 11.5 Å². The highest BCUT2D eigenvalue weighted by Gasteiger charge is 2.20. The number of anilines is 1. The molecule has 29 heavy (non-hydrogen) atoms. The molecule has 0 atom stereocenters. The summed E-state index contributed by atoms with van der Waals surface area (Å²) >= 11 is 0. The Hall–Kier alpha value is -2.22. The van der Waals surface area contributed by atoms with E-state index >= 15 is 0 Å². The number of unbranched alkanes of at least 4 members (excludes halogenated alkanes) is 2. The summed E-state index contributed by atoms with van der Waals surface area (Å²) in [5.41, 5.74) is 1.13. The third-order valence-electron chi connectivity index (χ3n) is 3.80. The summed E-state index contributed by atoms with van der Waals surface area (Å²) in [6.07, 6.45) is 4.46. The van der Waals surface area contributed by atoms with Crippen LogP contribution < -0.4 is 19.8 Å². The zero-order valence-electron chi connectivity index (χ0n) is 17.0.